The predicted octanol–water partition coefficient (Wildman–Crippen LogP) is 1.40. The summed E-state index contributed by atoms with van der Waals surface area (Å²) in [5.41, 5.74) is 6.17. The topological polar surface area (TPSA) is 84.1 Å². The fourth-order valence-corrected chi connectivity index (χ4v) is 3.09. The average Bonchev–Trinajstić information content (AvgIpc) is 3.06. The van der Waals surface area contributed by atoms with Crippen LogP contribution < -0.4 is 16.0 Å². The first-order valence-electron chi connectivity index (χ1n) is 7.97. The summed E-state index contributed by atoms with van der Waals surface area (Å²) in [6, 6.07) is 9.16. The summed E-state index contributed by atoms with van der Waals surface area (Å²) in [6.07, 6.45) is 3.70. The molecular weight excluding hydrogens is 309 g/mol. The maximum absolute atomic E-state index is 13.1. The molecule has 6 nitrogen and oxygen atoms in total. The Morgan fingerprint density at radius 1 is 1.38 bits per heavy atom. The summed E-state index contributed by atoms with van der Waals surface area (Å²) < 4.78 is 13.1. The van der Waals surface area contributed by atoms with Crippen LogP contribution in [0.1, 0.15) is 24.4 Å². The van der Waals surface area contributed by atoms with Crippen LogP contribution in [-0.2, 0) is 4.79 Å². The molecule has 2 aromatic rings. The van der Waals surface area contributed by atoms with Gasteiger partial charge in [0.1, 0.15) is 11.9 Å². The Morgan fingerprint density at radius 3 is 2.83 bits per heavy atom. The first-order chi connectivity index (χ1) is 11.6. The molecule has 24 heavy (non-hydrogen) atoms. The summed E-state index contributed by atoms with van der Waals surface area (Å²) in [6.45, 7) is 1.49. The molecule has 1 aromatic carbocycles. The second-order valence-electron chi connectivity index (χ2n) is 5.87. The molecule has 0 radical (unpaired) electrons. The van der Waals surface area contributed by atoms with Gasteiger partial charge in [-0.3, -0.25) is 4.79 Å². The highest BCUT2D eigenvalue weighted by molar-refractivity contribution is 5.81. The molecule has 0 unspecified atom stereocenters. The minimum Gasteiger partial charge on any atom is -0.368 e. The van der Waals surface area contributed by atoms with E-state index >= 15 is 0 Å². The lowest BCUT2D eigenvalue weighted by Crippen LogP contribution is -2.43. The quantitative estimate of drug-likeness (QED) is 0.837. The fourth-order valence-electron chi connectivity index (χ4n) is 3.09. The molecule has 1 fully saturated rings. The summed E-state index contributed by atoms with van der Waals surface area (Å²) in [5, 5.41) is 11.3. The lowest BCUT2D eigenvalue weighted by molar-refractivity contribution is -0.120. The number of carbonyl (C=O) groups is 1. The van der Waals surface area contributed by atoms with Crippen LogP contribution in [0.4, 0.5) is 10.2 Å². The molecule has 0 spiro atoms. The molecule has 2 atom stereocenters. The number of hydrogen-bond donors (Lipinski definition) is 2. The van der Waals surface area contributed by atoms with E-state index in [9.17, 15) is 9.18 Å². The second kappa shape index (κ2) is 7.35. The van der Waals surface area contributed by atoms with E-state index in [1.807, 2.05) is 12.1 Å². The average molecular weight is 329 g/mol. The molecule has 3 N–H and O–H groups in total. The molecule has 126 valence electrons. The SMILES string of the molecule is NC(=O)[C@H](NC[C@@H]1CCCN1c1cccnn1)c1ccc(F)cc1. The highest BCUT2D eigenvalue weighted by Crippen LogP contribution is 2.23. The maximum atomic E-state index is 13.1. The molecule has 2 heterocycles. The van der Waals surface area contributed by atoms with Crippen LogP contribution in [0.5, 0.6) is 0 Å². The van der Waals surface area contributed by atoms with E-state index < -0.39 is 11.9 Å². The largest absolute Gasteiger partial charge is 0.368 e. The number of nitrogens with two attached hydrogens (primary N) is 1. The van der Waals surface area contributed by atoms with Crippen molar-refractivity contribution >= 4 is 11.7 Å². The van der Waals surface area contributed by atoms with Crippen molar-refractivity contribution < 1.29 is 9.18 Å². The van der Waals surface area contributed by atoms with Crippen LogP contribution in [-0.4, -0.2) is 35.2 Å². The van der Waals surface area contributed by atoms with E-state index in [0.717, 1.165) is 25.2 Å². The number of nitrogens with zero attached hydrogens (tertiary/aromatic N) is 3. The number of primary amides is 1. The van der Waals surface area contributed by atoms with Crippen molar-refractivity contribution in [3.63, 3.8) is 0 Å². The number of halogens is 1. The summed E-state index contributed by atoms with van der Waals surface area (Å²) in [7, 11) is 0. The lowest BCUT2D eigenvalue weighted by atomic mass is 10.1. The van der Waals surface area contributed by atoms with Crippen LogP contribution in [0.3, 0.4) is 0 Å². The van der Waals surface area contributed by atoms with E-state index in [1.165, 1.54) is 12.1 Å². The van der Waals surface area contributed by atoms with Crippen LogP contribution in [0.15, 0.2) is 42.6 Å². The molecule has 0 saturated carbocycles. The van der Waals surface area contributed by atoms with Gasteiger partial charge in [0.25, 0.3) is 0 Å². The van der Waals surface area contributed by atoms with Gasteiger partial charge in [-0.05, 0) is 42.7 Å². The zero-order valence-corrected chi connectivity index (χ0v) is 13.2. The van der Waals surface area contributed by atoms with Gasteiger partial charge in [-0.25, -0.2) is 4.39 Å². The van der Waals surface area contributed by atoms with E-state index in [2.05, 4.69) is 20.4 Å². The highest BCUT2D eigenvalue weighted by Gasteiger charge is 2.27. The first kappa shape index (κ1) is 16.3. The van der Waals surface area contributed by atoms with Gasteiger partial charge in [-0.2, -0.15) is 5.10 Å². The Kier molecular flexibility index (Phi) is 5.00. The summed E-state index contributed by atoms with van der Waals surface area (Å²) in [4.78, 5) is 14.0. The number of rotatable bonds is 6. The van der Waals surface area contributed by atoms with Gasteiger partial charge in [0.05, 0.1) is 0 Å². The van der Waals surface area contributed by atoms with Crippen molar-refractivity contribution in [3.05, 3.63) is 54.0 Å². The minimum absolute atomic E-state index is 0.212. The van der Waals surface area contributed by atoms with Crippen LogP contribution in [0.2, 0.25) is 0 Å². The molecular formula is C17H20FN5O. The van der Waals surface area contributed by atoms with Gasteiger partial charge in [-0.1, -0.05) is 12.1 Å². The lowest BCUT2D eigenvalue weighted by Gasteiger charge is -2.27. The van der Waals surface area contributed by atoms with Gasteiger partial charge >= 0.3 is 0 Å². The van der Waals surface area contributed by atoms with E-state index in [1.54, 1.807) is 18.3 Å². The normalized spacial score (nSPS) is 18.5. The zero-order valence-electron chi connectivity index (χ0n) is 13.2. The molecule has 1 aliphatic heterocycles. The number of amides is 1. The standard InChI is InChI=1S/C17H20FN5O/c18-13-7-5-12(6-8-13)16(17(19)24)20-11-14-3-2-10-23(14)15-4-1-9-21-22-15/h1,4-9,14,16,20H,2-3,10-11H2,(H2,19,24)/t14-,16+/m0/s1. The smallest absolute Gasteiger partial charge is 0.239 e. The number of aromatic nitrogens is 2. The third-order valence-corrected chi connectivity index (χ3v) is 4.28. The van der Waals surface area contributed by atoms with Crippen molar-refractivity contribution in [2.24, 2.45) is 5.73 Å². The van der Waals surface area contributed by atoms with Gasteiger partial charge in [0.2, 0.25) is 5.91 Å². The van der Waals surface area contributed by atoms with Crippen LogP contribution >= 0.6 is 0 Å². The van der Waals surface area contributed by atoms with E-state index in [4.69, 9.17) is 5.73 Å². The third-order valence-electron chi connectivity index (χ3n) is 4.28. The van der Waals surface area contributed by atoms with Crippen molar-refractivity contribution in [1.29, 1.82) is 0 Å². The van der Waals surface area contributed by atoms with Gasteiger partial charge in [-0.15, -0.1) is 5.10 Å². The Bertz CT molecular complexity index is 679. The monoisotopic (exact) mass is 329 g/mol. The van der Waals surface area contributed by atoms with E-state index in [0.29, 0.717) is 12.1 Å². The Hall–Kier alpha value is -2.54. The van der Waals surface area contributed by atoms with Crippen molar-refractivity contribution in [3.8, 4) is 0 Å². The highest BCUT2D eigenvalue weighted by atomic mass is 19.1. The summed E-state index contributed by atoms with van der Waals surface area (Å²) in [5.74, 6) is 0.0106. The number of anilines is 1. The van der Waals surface area contributed by atoms with E-state index in [-0.39, 0.29) is 11.9 Å². The van der Waals surface area contributed by atoms with Gasteiger partial charge < -0.3 is 16.0 Å². The molecule has 1 aromatic heterocycles. The Balaban J connectivity index is 1.68. The Labute approximate surface area is 139 Å². The predicted molar refractivity (Wildman–Crippen MR) is 88.7 cm³/mol. The Morgan fingerprint density at radius 2 is 2.17 bits per heavy atom. The van der Waals surface area contributed by atoms with Crippen LogP contribution in [0.25, 0.3) is 0 Å². The molecule has 0 bridgehead atoms. The zero-order chi connectivity index (χ0) is 16.9. The van der Waals surface area contributed by atoms with Gasteiger partial charge in [0.15, 0.2) is 5.82 Å². The van der Waals surface area contributed by atoms with Crippen molar-refractivity contribution in [2.75, 3.05) is 18.0 Å². The molecule has 3 rings (SSSR count). The van der Waals surface area contributed by atoms with Gasteiger partial charge in [0, 0.05) is 25.3 Å². The van der Waals surface area contributed by atoms with Crippen LogP contribution in [0, 0.1) is 5.82 Å². The number of carbonyl (C=O) groups excluding carboxylic acids is 1. The van der Waals surface area contributed by atoms with Crippen molar-refractivity contribution in [1.82, 2.24) is 15.5 Å². The third kappa shape index (κ3) is 3.68. The second-order valence-corrected chi connectivity index (χ2v) is 5.87. The molecule has 1 saturated heterocycles. The minimum atomic E-state index is -0.644. The van der Waals surface area contributed by atoms with Crippen molar-refractivity contribution in [2.45, 2.75) is 24.9 Å². The number of benzene rings is 1. The molecule has 0 aliphatic carbocycles. The first-order valence-corrected chi connectivity index (χ1v) is 7.97. The number of hydrogen-bond acceptors (Lipinski definition) is 5. The molecule has 1 amide bonds. The maximum Gasteiger partial charge on any atom is 0.239 e. The fraction of sp³-hybridized carbons (Fsp3) is 0.353. The molecule has 7 heteroatoms. The number of nitrogens with one attached hydrogen (secondary N) is 1. The molecule has 1 aliphatic rings. The summed E-state index contributed by atoms with van der Waals surface area (Å²) >= 11 is 0.